The van der Waals surface area contributed by atoms with E-state index < -0.39 is 8.59 Å². The van der Waals surface area contributed by atoms with Gasteiger partial charge < -0.3 is 128 Å². The smallest absolute Gasteiger partial charge is 2.00 e. The van der Waals surface area contributed by atoms with Gasteiger partial charge in [-0.05, 0) is 140 Å². The molecular weight excluding hydrogens is 2560 g/mol. The van der Waals surface area contributed by atoms with Gasteiger partial charge in [0, 0.05) is 89.1 Å². The molecule has 0 amide bonds. The van der Waals surface area contributed by atoms with Crippen molar-refractivity contribution in [3.63, 3.8) is 0 Å². The van der Waals surface area contributed by atoms with Crippen molar-refractivity contribution in [3.8, 4) is 34.5 Å². The largest absolute Gasteiger partial charge is 2.00 e. The Morgan fingerprint density at radius 3 is 0.342 bits per heavy atom. The molecule has 41 heteroatoms. The summed E-state index contributed by atoms with van der Waals surface area (Å²) < 4.78 is 91.4. The quantitative estimate of drug-likeness (QED) is 0.101. The molecule has 3 aliphatic heterocycles. The molecule has 1 fully saturated rings. The third kappa shape index (κ3) is 50.1. The molecule has 620 valence electrons. The summed E-state index contributed by atoms with van der Waals surface area (Å²) in [5.41, 5.74) is 5.38. The molecule has 12 bridgehead atoms. The van der Waals surface area contributed by atoms with Crippen LogP contribution in [0, 0.1) is 62.2 Å². The summed E-state index contributed by atoms with van der Waals surface area (Å²) in [5, 5.41) is 77.3. The Balaban J connectivity index is -0.00000146. The molecule has 6 aromatic rings. The molecule has 26 nitrogen and oxygen atoms in total. The van der Waals surface area contributed by atoms with Gasteiger partial charge in [0.2, 0.25) is 0 Å². The van der Waals surface area contributed by atoms with E-state index >= 15 is 0 Å². The second kappa shape index (κ2) is 70.1. The maximum Gasteiger partial charge on any atom is 2.00 e. The van der Waals surface area contributed by atoms with Crippen molar-refractivity contribution >= 4 is 214 Å². The van der Waals surface area contributed by atoms with Crippen LogP contribution in [0.5, 0.6) is 34.5 Å². The van der Waals surface area contributed by atoms with Crippen molar-refractivity contribution in [2.24, 2.45) is 0 Å². The minimum atomic E-state index is -0.750. The maximum absolute atomic E-state index is 12.9. The third-order valence-corrected chi connectivity index (χ3v) is 16.8. The average molecular weight is 2640 g/mol. The molecule has 6 aromatic carbocycles. The monoisotopic (exact) mass is 2630 g/mol. The topological polar surface area (TPSA) is 400 Å². The molecule has 111 heavy (non-hydrogen) atoms. The van der Waals surface area contributed by atoms with Gasteiger partial charge in [0.05, 0.1) is 211 Å². The first-order valence-electron chi connectivity index (χ1n) is 32.1. The first kappa shape index (κ1) is 117. The Kier molecular flexibility index (Phi) is 73.7. The van der Waals surface area contributed by atoms with Crippen LogP contribution in [-0.4, -0.2) is 190 Å². The van der Waals surface area contributed by atoms with Crippen molar-refractivity contribution in [3.05, 3.63) is 166 Å². The number of rotatable bonds is 0. The normalized spacial score (nSPS) is 16.1. The van der Waals surface area contributed by atoms with Crippen molar-refractivity contribution in [1.29, 1.82) is 0 Å². The summed E-state index contributed by atoms with van der Waals surface area (Å²) in [6.07, 6.45) is 0. The zero-order chi connectivity index (χ0) is 75.4. The molecule has 0 radical (unpaired) electrons. The number of halogens is 12. The standard InChI is InChI=1S/2C24H21Br3O6.C20H40O10.2CHCl3.Ba.4O.2U/c2*25-19-1-13-7-31-9-15-3-20(26)5-17(23(15)29)11-33-12-18-6-21(27)4-16(24(18)30)10-32-8-14(2-19)22(13)28;1-2-22-5-6-24-9-10-26-13-14-28-17-18-30-20-19-29-16-15-27-12-11-25-8-7-23-4-3-21-1;2*2-1(3)4;;;;;;;/h2*1-6,28-30H,7-12H2;1-20H2;2*1H;;;;;;;/q;;;;;+2;4*-2;;/p-6. The third-order valence-electron chi connectivity index (χ3n) is 14.1. The summed E-state index contributed by atoms with van der Waals surface area (Å²) >= 11 is 49.4. The van der Waals surface area contributed by atoms with E-state index in [-0.39, 0.29) is 247 Å². The molecule has 0 unspecified atom stereocenters. The van der Waals surface area contributed by atoms with Gasteiger partial charge in [0.25, 0.3) is 0 Å². The number of ether oxygens (including phenoxy) is 16. The van der Waals surface area contributed by atoms with Crippen LogP contribution in [0.2, 0.25) is 0 Å². The van der Waals surface area contributed by atoms with Gasteiger partial charge in [0.15, 0.2) is 8.59 Å². The van der Waals surface area contributed by atoms with E-state index in [4.69, 9.17) is 145 Å². The SMILES string of the molecule is C1COCCOCCOCCOCCOCCOCCOCCOCCOCCO1.ClC(Cl)Cl.ClC(Cl)Cl.[Ba+2].[O-2].[O-2].[O-2].[O-2].[O-]c1c2cc(Br)cc1COCc1cc(Br)cc(c1[O-])COCc1cc(Br)cc(c1[O-])COC2.[O-]c1c2cc(Br)cc1COCc1cc(Br)cc(c1[O-])COCc1cc(Br)cc(c1[O-])COC2.[U].[U]. The fourth-order valence-electron chi connectivity index (χ4n) is 9.38. The zero-order valence-electron chi connectivity index (χ0n) is 59.6. The van der Waals surface area contributed by atoms with Crippen LogP contribution >= 0.6 is 165 Å². The van der Waals surface area contributed by atoms with Crippen molar-refractivity contribution in [1.82, 2.24) is 0 Å². The van der Waals surface area contributed by atoms with Gasteiger partial charge in [-0.25, -0.2) is 0 Å². The minimum absolute atomic E-state index is 0. The molecule has 0 atom stereocenters. The first-order valence-corrected chi connectivity index (χ1v) is 39.5. The van der Waals surface area contributed by atoms with Crippen molar-refractivity contribution in [2.45, 2.75) is 87.9 Å². The van der Waals surface area contributed by atoms with Crippen molar-refractivity contribution in [2.75, 3.05) is 132 Å². The van der Waals surface area contributed by atoms with Gasteiger partial charge in [-0.2, -0.15) is 0 Å². The fraction of sp³-hybridized carbons (Fsp3) is 0.486. The molecule has 3 aliphatic rings. The molecule has 3 heterocycles. The second-order valence-electron chi connectivity index (χ2n) is 21.9. The van der Waals surface area contributed by atoms with Crippen molar-refractivity contribution < 1.29 is 191 Å². The summed E-state index contributed by atoms with van der Waals surface area (Å²) in [6, 6.07) is 20.3. The number of benzene rings is 6. The van der Waals surface area contributed by atoms with Crippen LogP contribution in [0.3, 0.4) is 0 Å². The van der Waals surface area contributed by atoms with Crippen LogP contribution in [-0.2, 0) is 177 Å². The Hall–Kier alpha value is 1.62. The van der Waals surface area contributed by atoms with Gasteiger partial charge in [-0.15, -0.1) is 0 Å². The van der Waals surface area contributed by atoms with E-state index in [9.17, 15) is 30.6 Å². The van der Waals surface area contributed by atoms with Crippen LogP contribution in [0.1, 0.15) is 66.8 Å². The predicted octanol–water partition coefficient (Wildman–Crippen LogP) is 12.6. The molecule has 1 saturated heterocycles. The molecule has 0 spiro atoms. The first-order chi connectivity index (χ1) is 50.1. The zero-order valence-corrected chi connectivity index (χ0v) is 86.4. The van der Waals surface area contributed by atoms with Gasteiger partial charge in [0.1, 0.15) is 0 Å². The molecule has 0 N–H and O–H groups in total. The molecule has 0 aliphatic carbocycles. The Bertz CT molecular complexity index is 2690. The predicted molar refractivity (Wildman–Crippen MR) is 412 cm³/mol. The summed E-state index contributed by atoms with van der Waals surface area (Å²) in [5.74, 6) is -1.15. The van der Waals surface area contributed by atoms with Crippen LogP contribution < -0.4 is 30.6 Å². The number of hydrogen-bond donors (Lipinski definition) is 0. The van der Waals surface area contributed by atoms with Gasteiger partial charge in [-0.1, -0.05) is 200 Å². The maximum atomic E-state index is 12.9. The molecular formula is C70H78BaBr6Cl6O26U2-12. The second-order valence-corrected chi connectivity index (χ2v) is 31.3. The van der Waals surface area contributed by atoms with E-state index in [1.165, 1.54) is 0 Å². The van der Waals surface area contributed by atoms with Gasteiger partial charge in [-0.3, -0.25) is 0 Å². The Morgan fingerprint density at radius 2 is 0.270 bits per heavy atom. The van der Waals surface area contributed by atoms with E-state index in [1.807, 2.05) is 0 Å². The molecule has 0 aromatic heterocycles. The van der Waals surface area contributed by atoms with E-state index in [1.54, 1.807) is 72.8 Å². The van der Waals surface area contributed by atoms with Gasteiger partial charge >= 0.3 is 48.9 Å². The Morgan fingerprint density at radius 1 is 0.198 bits per heavy atom. The summed E-state index contributed by atoms with van der Waals surface area (Å²) in [6.45, 7) is 11.3. The van der Waals surface area contributed by atoms with Crippen LogP contribution in [0.15, 0.2) is 99.6 Å². The minimum Gasteiger partial charge on any atom is -2.00 e. The average Bonchev–Trinajstić information content (AvgIpc) is 0.833. The van der Waals surface area contributed by atoms with E-state index in [0.717, 1.165) is 26.8 Å². The van der Waals surface area contributed by atoms with Crippen LogP contribution in [0.4, 0.5) is 0 Å². The van der Waals surface area contributed by atoms with Crippen LogP contribution in [0.25, 0.3) is 0 Å². The number of fused-ring (bicyclic) bond motifs is 12. The number of hydrogen-bond acceptors (Lipinski definition) is 22. The molecule has 0 saturated carbocycles. The summed E-state index contributed by atoms with van der Waals surface area (Å²) in [4.78, 5) is 0. The van der Waals surface area contributed by atoms with E-state index in [0.29, 0.717) is 199 Å². The molecule has 9 rings (SSSR count). The summed E-state index contributed by atoms with van der Waals surface area (Å²) in [7, 11) is 0. The van der Waals surface area contributed by atoms with E-state index in [2.05, 4.69) is 95.6 Å². The number of alkyl halides is 6. The fourth-order valence-corrected chi connectivity index (χ4v) is 12.7. The Labute approximate surface area is 814 Å².